The molecule has 27 heavy (non-hydrogen) atoms. The molecule has 0 atom stereocenters. The smallest absolute Gasteiger partial charge is 0.259 e. The molecule has 0 N–H and O–H groups in total. The summed E-state index contributed by atoms with van der Waals surface area (Å²) in [4.78, 5) is 19.2. The third-order valence-electron chi connectivity index (χ3n) is 4.86. The molecule has 5 nitrogen and oxygen atoms in total. The Labute approximate surface area is 155 Å². The number of amides is 1. The zero-order valence-corrected chi connectivity index (χ0v) is 14.7. The van der Waals surface area contributed by atoms with Crippen molar-refractivity contribution in [2.24, 2.45) is 0 Å². The van der Waals surface area contributed by atoms with Crippen LogP contribution in [0.5, 0.6) is 5.75 Å². The molecule has 5 rings (SSSR count). The SMILES string of the molecule is COc1ccc(-c2nc(CN3C(=O)c4cccc5cccc3c45)co2)cc1. The lowest BCUT2D eigenvalue weighted by atomic mass is 10.1. The third-order valence-corrected chi connectivity index (χ3v) is 4.86. The number of benzene rings is 3. The van der Waals surface area contributed by atoms with Crippen LogP contribution in [0.2, 0.25) is 0 Å². The molecule has 1 aromatic heterocycles. The number of aromatic nitrogens is 1. The van der Waals surface area contributed by atoms with E-state index < -0.39 is 0 Å². The summed E-state index contributed by atoms with van der Waals surface area (Å²) < 4.78 is 10.8. The molecule has 0 bridgehead atoms. The van der Waals surface area contributed by atoms with Gasteiger partial charge in [0.15, 0.2) is 0 Å². The maximum Gasteiger partial charge on any atom is 0.259 e. The fourth-order valence-electron chi connectivity index (χ4n) is 3.54. The Hall–Kier alpha value is -3.60. The minimum Gasteiger partial charge on any atom is -0.497 e. The topological polar surface area (TPSA) is 55.6 Å². The number of hydrogen-bond donors (Lipinski definition) is 0. The molecular weight excluding hydrogens is 340 g/mol. The van der Waals surface area contributed by atoms with Gasteiger partial charge in [-0.05, 0) is 41.8 Å². The highest BCUT2D eigenvalue weighted by molar-refractivity contribution is 6.24. The van der Waals surface area contributed by atoms with Crippen molar-refractivity contribution in [2.45, 2.75) is 6.54 Å². The van der Waals surface area contributed by atoms with E-state index in [0.717, 1.165) is 33.3 Å². The van der Waals surface area contributed by atoms with E-state index in [2.05, 4.69) is 4.98 Å². The van der Waals surface area contributed by atoms with Crippen molar-refractivity contribution in [1.82, 2.24) is 4.98 Å². The van der Waals surface area contributed by atoms with Crippen LogP contribution in [0.3, 0.4) is 0 Å². The van der Waals surface area contributed by atoms with Crippen molar-refractivity contribution in [3.63, 3.8) is 0 Å². The molecule has 0 aliphatic carbocycles. The Bertz CT molecular complexity index is 1160. The maximum absolute atomic E-state index is 12.9. The summed E-state index contributed by atoms with van der Waals surface area (Å²) in [5.41, 5.74) is 3.23. The predicted molar refractivity (Wildman–Crippen MR) is 103 cm³/mol. The highest BCUT2D eigenvalue weighted by atomic mass is 16.5. The van der Waals surface area contributed by atoms with E-state index >= 15 is 0 Å². The molecule has 0 radical (unpaired) electrons. The number of anilines is 1. The van der Waals surface area contributed by atoms with Crippen molar-refractivity contribution in [3.8, 4) is 17.2 Å². The number of carbonyl (C=O) groups excluding carboxylic acids is 1. The Kier molecular flexibility index (Phi) is 3.47. The van der Waals surface area contributed by atoms with Gasteiger partial charge in [0, 0.05) is 16.5 Å². The highest BCUT2D eigenvalue weighted by Gasteiger charge is 2.30. The second-order valence-electron chi connectivity index (χ2n) is 6.44. The van der Waals surface area contributed by atoms with Crippen molar-refractivity contribution in [3.05, 3.63) is 78.2 Å². The van der Waals surface area contributed by atoms with Gasteiger partial charge in [-0.2, -0.15) is 0 Å². The normalized spacial score (nSPS) is 12.8. The minimum atomic E-state index is -0.00389. The van der Waals surface area contributed by atoms with E-state index in [-0.39, 0.29) is 5.91 Å². The van der Waals surface area contributed by atoms with Gasteiger partial charge >= 0.3 is 0 Å². The van der Waals surface area contributed by atoms with Gasteiger partial charge in [-0.15, -0.1) is 0 Å². The summed E-state index contributed by atoms with van der Waals surface area (Å²) in [5, 5.41) is 2.07. The van der Waals surface area contributed by atoms with Crippen LogP contribution in [-0.4, -0.2) is 18.0 Å². The first kappa shape index (κ1) is 15.6. The van der Waals surface area contributed by atoms with Crippen LogP contribution in [0.4, 0.5) is 5.69 Å². The number of oxazole rings is 1. The monoisotopic (exact) mass is 356 g/mol. The second kappa shape index (κ2) is 5.99. The average Bonchev–Trinajstić information content (AvgIpc) is 3.29. The number of ether oxygens (including phenoxy) is 1. The molecule has 1 aliphatic heterocycles. The zero-order valence-electron chi connectivity index (χ0n) is 14.7. The molecule has 0 unspecified atom stereocenters. The summed E-state index contributed by atoms with van der Waals surface area (Å²) in [6, 6.07) is 19.3. The van der Waals surface area contributed by atoms with Gasteiger partial charge in [-0.1, -0.05) is 24.3 Å². The van der Waals surface area contributed by atoms with Crippen molar-refractivity contribution in [1.29, 1.82) is 0 Å². The van der Waals surface area contributed by atoms with Crippen molar-refractivity contribution < 1.29 is 13.9 Å². The van der Waals surface area contributed by atoms with Gasteiger partial charge in [0.1, 0.15) is 12.0 Å². The lowest BCUT2D eigenvalue weighted by Crippen LogP contribution is -2.26. The van der Waals surface area contributed by atoms with Crippen LogP contribution in [0, 0.1) is 0 Å². The van der Waals surface area contributed by atoms with Crippen LogP contribution in [-0.2, 0) is 6.54 Å². The van der Waals surface area contributed by atoms with Gasteiger partial charge in [-0.25, -0.2) is 4.98 Å². The van der Waals surface area contributed by atoms with Gasteiger partial charge in [-0.3, -0.25) is 4.79 Å². The van der Waals surface area contributed by atoms with Crippen LogP contribution in [0.25, 0.3) is 22.2 Å². The largest absolute Gasteiger partial charge is 0.497 e. The first-order valence-electron chi connectivity index (χ1n) is 8.67. The van der Waals surface area contributed by atoms with Gasteiger partial charge in [0.2, 0.25) is 5.89 Å². The quantitative estimate of drug-likeness (QED) is 0.533. The molecular formula is C22H16N2O3. The molecule has 0 saturated heterocycles. The molecule has 132 valence electrons. The van der Waals surface area contributed by atoms with E-state index in [9.17, 15) is 4.79 Å². The summed E-state index contributed by atoms with van der Waals surface area (Å²) >= 11 is 0. The standard InChI is InChI=1S/C22H16N2O3/c1-26-17-10-8-15(9-11-17)21-23-16(13-27-21)12-24-19-7-3-5-14-4-2-6-18(20(14)19)22(24)25/h2-11,13H,12H2,1H3. The molecule has 3 aromatic carbocycles. The molecule has 2 heterocycles. The number of methoxy groups -OCH3 is 1. The lowest BCUT2D eigenvalue weighted by Gasteiger charge is -2.15. The fourth-order valence-corrected chi connectivity index (χ4v) is 3.54. The third kappa shape index (κ3) is 2.47. The first-order chi connectivity index (χ1) is 13.2. The van der Waals surface area contributed by atoms with E-state index in [1.165, 1.54) is 0 Å². The fraction of sp³-hybridized carbons (Fsp3) is 0.0909. The molecule has 0 fully saturated rings. The van der Waals surface area contributed by atoms with Crippen LogP contribution < -0.4 is 9.64 Å². The molecule has 4 aromatic rings. The first-order valence-corrected chi connectivity index (χ1v) is 8.67. The number of rotatable bonds is 4. The highest BCUT2D eigenvalue weighted by Crippen LogP contribution is 2.38. The van der Waals surface area contributed by atoms with Crippen LogP contribution in [0.15, 0.2) is 71.3 Å². The molecule has 5 heteroatoms. The van der Waals surface area contributed by atoms with Crippen LogP contribution in [0.1, 0.15) is 16.1 Å². The summed E-state index contributed by atoms with van der Waals surface area (Å²) in [5.74, 6) is 1.30. The van der Waals surface area contributed by atoms with Gasteiger partial charge < -0.3 is 14.1 Å². The summed E-state index contributed by atoms with van der Waals surface area (Å²) in [6.07, 6.45) is 1.61. The van der Waals surface area contributed by atoms with E-state index in [0.29, 0.717) is 18.1 Å². The number of hydrogen-bond acceptors (Lipinski definition) is 4. The maximum atomic E-state index is 12.9. The lowest BCUT2D eigenvalue weighted by molar-refractivity contribution is 0.0991. The van der Waals surface area contributed by atoms with E-state index in [1.54, 1.807) is 18.3 Å². The molecule has 1 amide bonds. The molecule has 0 saturated carbocycles. The Morgan fingerprint density at radius 2 is 1.81 bits per heavy atom. The second-order valence-corrected chi connectivity index (χ2v) is 6.44. The van der Waals surface area contributed by atoms with E-state index in [1.807, 2.05) is 60.7 Å². The van der Waals surface area contributed by atoms with Crippen molar-refractivity contribution >= 4 is 22.4 Å². The minimum absolute atomic E-state index is 0.00389. The van der Waals surface area contributed by atoms with Gasteiger partial charge in [0.25, 0.3) is 5.91 Å². The summed E-state index contributed by atoms with van der Waals surface area (Å²) in [7, 11) is 1.63. The number of nitrogens with zero attached hydrogens (tertiary/aromatic N) is 2. The summed E-state index contributed by atoms with van der Waals surface area (Å²) in [6.45, 7) is 0.367. The molecule has 1 aliphatic rings. The van der Waals surface area contributed by atoms with Gasteiger partial charge in [0.05, 0.1) is 25.0 Å². The van der Waals surface area contributed by atoms with Crippen LogP contribution >= 0.6 is 0 Å². The Balaban J connectivity index is 1.46. The van der Waals surface area contributed by atoms with E-state index in [4.69, 9.17) is 9.15 Å². The van der Waals surface area contributed by atoms with Crippen molar-refractivity contribution in [2.75, 3.05) is 12.0 Å². The number of carbonyl (C=O) groups is 1. The molecule has 0 spiro atoms. The zero-order chi connectivity index (χ0) is 18.4. The average molecular weight is 356 g/mol. The predicted octanol–water partition coefficient (Wildman–Crippen LogP) is 4.66. The Morgan fingerprint density at radius 3 is 2.59 bits per heavy atom. The Morgan fingerprint density at radius 1 is 1.04 bits per heavy atom.